The number of rotatable bonds is 34. The molecule has 0 unspecified atom stereocenters. The summed E-state index contributed by atoms with van der Waals surface area (Å²) in [5.74, 6) is 0. The van der Waals surface area contributed by atoms with Crippen molar-refractivity contribution in [1.29, 1.82) is 0 Å². The second kappa shape index (κ2) is 38.3. The lowest BCUT2D eigenvalue weighted by atomic mass is 10.1. The molecule has 232 valence electrons. The smallest absolute Gasteiger partial charge is 0.149 e. The van der Waals surface area contributed by atoms with E-state index in [2.05, 4.69) is 56.2 Å². The van der Waals surface area contributed by atoms with Crippen LogP contribution >= 0.6 is 31.9 Å². The molecular weight excluding hydrogens is 616 g/mol. The van der Waals surface area contributed by atoms with Gasteiger partial charge in [0.05, 0.1) is 0 Å². The van der Waals surface area contributed by atoms with E-state index >= 15 is 0 Å². The van der Waals surface area contributed by atoms with Gasteiger partial charge in [-0.2, -0.15) is 0 Å². The zero-order valence-corrected chi connectivity index (χ0v) is 28.7. The molecule has 0 fully saturated rings. The topological polar surface area (TPSA) is 27.7 Å². The molecule has 0 radical (unpaired) electrons. The number of hydrogen-bond acceptors (Lipinski definition) is 3. The number of hydrogen-bond donors (Lipinski definition) is 0. The van der Waals surface area contributed by atoms with E-state index in [-0.39, 0.29) is 0 Å². The zero-order valence-electron chi connectivity index (χ0n) is 25.5. The molecule has 0 aromatic heterocycles. The number of alkyl halides is 2. The lowest BCUT2D eigenvalue weighted by Gasteiger charge is -2.06. The summed E-state index contributed by atoms with van der Waals surface area (Å²) in [5, 5.41) is 2.32. The summed E-state index contributed by atoms with van der Waals surface area (Å²) >= 11 is 7.00. The van der Waals surface area contributed by atoms with Crippen LogP contribution < -0.4 is 0 Å². The summed E-state index contributed by atoms with van der Waals surface area (Å²) in [6, 6.07) is 0. The predicted molar refractivity (Wildman–Crippen MR) is 179 cm³/mol. The van der Waals surface area contributed by atoms with E-state index in [1.54, 1.807) is 0 Å². The molecule has 5 heteroatoms. The molecule has 0 heterocycles. The van der Waals surface area contributed by atoms with Crippen molar-refractivity contribution in [2.24, 2.45) is 0 Å². The number of allylic oxidation sites excluding steroid dienone is 4. The first-order valence-electron chi connectivity index (χ1n) is 16.6. The molecule has 3 nitrogen and oxygen atoms in total. The van der Waals surface area contributed by atoms with Crippen LogP contribution in [0.2, 0.25) is 0 Å². The minimum Gasteiger partial charge on any atom is -0.355 e. The van der Waals surface area contributed by atoms with Crippen molar-refractivity contribution in [2.45, 2.75) is 154 Å². The lowest BCUT2D eigenvalue weighted by Crippen LogP contribution is -2.06. The monoisotopic (exact) mass is 678 g/mol. The predicted octanol–water partition coefficient (Wildman–Crippen LogP) is 12.2. The minimum atomic E-state index is 0.331. The van der Waals surface area contributed by atoms with Crippen molar-refractivity contribution in [3.63, 3.8) is 0 Å². The largest absolute Gasteiger partial charge is 0.355 e. The fourth-order valence-electron chi connectivity index (χ4n) is 4.54. The van der Waals surface area contributed by atoms with Gasteiger partial charge >= 0.3 is 0 Å². The van der Waals surface area contributed by atoms with Crippen LogP contribution in [0.25, 0.3) is 0 Å². The molecule has 0 saturated carbocycles. The molecule has 39 heavy (non-hydrogen) atoms. The Balaban J connectivity index is 3.12. The molecule has 0 bridgehead atoms. The van der Waals surface area contributed by atoms with Crippen LogP contribution in [0, 0.1) is 0 Å². The molecule has 0 atom stereocenters. The van der Waals surface area contributed by atoms with Gasteiger partial charge in [-0.15, -0.1) is 0 Å². The molecule has 0 aromatic carbocycles. The van der Waals surface area contributed by atoms with E-state index in [9.17, 15) is 0 Å². The zero-order chi connectivity index (χ0) is 28.2. The molecule has 0 saturated heterocycles. The maximum absolute atomic E-state index is 5.53. The van der Waals surface area contributed by atoms with Gasteiger partial charge in [0.15, 0.2) is 0 Å². The van der Waals surface area contributed by atoms with E-state index in [1.807, 2.05) is 0 Å². The summed E-state index contributed by atoms with van der Waals surface area (Å²) < 4.78 is 16.5. The van der Waals surface area contributed by atoms with Crippen LogP contribution in [0.15, 0.2) is 24.3 Å². The van der Waals surface area contributed by atoms with E-state index in [4.69, 9.17) is 14.2 Å². The molecule has 0 amide bonds. The van der Waals surface area contributed by atoms with Crippen LogP contribution in [-0.4, -0.2) is 37.5 Å². The number of halogens is 2. The third-order valence-electron chi connectivity index (χ3n) is 6.99. The Morgan fingerprint density at radius 1 is 0.308 bits per heavy atom. The lowest BCUT2D eigenvalue weighted by molar-refractivity contribution is -0.131. The van der Waals surface area contributed by atoms with Crippen molar-refractivity contribution in [3.05, 3.63) is 24.3 Å². The van der Waals surface area contributed by atoms with E-state index < -0.39 is 0 Å². The third-order valence-corrected chi connectivity index (χ3v) is 8.12. The van der Waals surface area contributed by atoms with Crippen LogP contribution in [0.5, 0.6) is 0 Å². The van der Waals surface area contributed by atoms with Crippen LogP contribution in [0.1, 0.15) is 154 Å². The Hall–Kier alpha value is 0.320. The minimum absolute atomic E-state index is 0.331. The van der Waals surface area contributed by atoms with Crippen molar-refractivity contribution in [2.75, 3.05) is 37.5 Å². The van der Waals surface area contributed by atoms with Crippen molar-refractivity contribution >= 4 is 31.9 Å². The summed E-state index contributed by atoms with van der Waals surface area (Å²) in [6.07, 6.45) is 41.1. The van der Waals surface area contributed by atoms with E-state index in [0.29, 0.717) is 13.6 Å². The second-order valence-corrected chi connectivity index (χ2v) is 12.4. The highest BCUT2D eigenvalue weighted by molar-refractivity contribution is 9.09. The van der Waals surface area contributed by atoms with Crippen molar-refractivity contribution < 1.29 is 14.2 Å². The summed E-state index contributed by atoms with van der Waals surface area (Å²) in [6.45, 7) is 2.17. The van der Waals surface area contributed by atoms with Gasteiger partial charge in [-0.1, -0.05) is 146 Å². The Kier molecular flexibility index (Phi) is 38.6. The quantitative estimate of drug-likeness (QED) is 0.0293. The Morgan fingerprint density at radius 3 is 0.923 bits per heavy atom. The average molecular weight is 681 g/mol. The number of unbranched alkanes of at least 4 members (excludes halogenated alkanes) is 20. The van der Waals surface area contributed by atoms with Crippen LogP contribution in [-0.2, 0) is 14.2 Å². The molecule has 0 aliphatic rings. The average Bonchev–Trinajstić information content (AvgIpc) is 2.95. The first-order valence-corrected chi connectivity index (χ1v) is 18.8. The van der Waals surface area contributed by atoms with Crippen LogP contribution in [0.4, 0.5) is 0 Å². The van der Waals surface area contributed by atoms with Gasteiger partial charge in [-0.05, 0) is 64.2 Å². The summed E-state index contributed by atoms with van der Waals surface area (Å²) in [4.78, 5) is 0. The summed E-state index contributed by atoms with van der Waals surface area (Å²) in [7, 11) is 0. The number of ether oxygens (including phenoxy) is 3. The van der Waals surface area contributed by atoms with Crippen molar-refractivity contribution in [1.82, 2.24) is 0 Å². The third kappa shape index (κ3) is 38.3. The maximum atomic E-state index is 5.53. The van der Waals surface area contributed by atoms with E-state index in [1.165, 1.54) is 128 Å². The van der Waals surface area contributed by atoms with E-state index in [0.717, 1.165) is 49.6 Å². The Morgan fingerprint density at radius 2 is 0.590 bits per heavy atom. The molecule has 0 aliphatic carbocycles. The van der Waals surface area contributed by atoms with Gasteiger partial charge in [0, 0.05) is 23.9 Å². The Bertz CT molecular complexity index is 443. The van der Waals surface area contributed by atoms with Gasteiger partial charge < -0.3 is 14.2 Å². The maximum Gasteiger partial charge on any atom is 0.149 e. The Labute approximate surface area is 260 Å². The molecule has 0 spiro atoms. The van der Waals surface area contributed by atoms with Crippen molar-refractivity contribution in [3.8, 4) is 0 Å². The van der Waals surface area contributed by atoms with Gasteiger partial charge in [0.1, 0.15) is 13.6 Å². The van der Waals surface area contributed by atoms with Gasteiger partial charge in [-0.3, -0.25) is 0 Å². The second-order valence-electron chi connectivity index (χ2n) is 10.8. The fraction of sp³-hybridized carbons (Fsp3) is 0.882. The first-order chi connectivity index (χ1) is 19.4. The standard InChI is InChI=1S/C34H64Br2O3/c35-29-25-21-17-13-9-5-1-3-7-11-15-19-23-27-31-37-33-39-34-38-32-28-24-20-16-12-8-4-2-6-10-14-18-22-26-30-36/h15-16,19-20H,1-14,17-18,21-34H2. The molecule has 0 rings (SSSR count). The molecule has 0 aromatic rings. The highest BCUT2D eigenvalue weighted by Crippen LogP contribution is 2.12. The molecular formula is C34H64Br2O3. The highest BCUT2D eigenvalue weighted by atomic mass is 79.9. The van der Waals surface area contributed by atoms with Crippen LogP contribution in [0.3, 0.4) is 0 Å². The summed E-state index contributed by atoms with van der Waals surface area (Å²) in [5.41, 5.74) is 0. The van der Waals surface area contributed by atoms with Gasteiger partial charge in [0.25, 0.3) is 0 Å². The normalized spacial score (nSPS) is 11.9. The molecule has 0 aliphatic heterocycles. The highest BCUT2D eigenvalue weighted by Gasteiger charge is 1.94. The van der Waals surface area contributed by atoms with Gasteiger partial charge in [-0.25, -0.2) is 0 Å². The molecule has 0 N–H and O–H groups in total. The first kappa shape index (κ1) is 39.3. The van der Waals surface area contributed by atoms with Gasteiger partial charge in [0.2, 0.25) is 0 Å². The SMILES string of the molecule is BrCCCCCCCCCCCC=CCCCOCOCOCCCC=CCCCCCCCCCCCBr. The fourth-order valence-corrected chi connectivity index (χ4v) is 5.33.